The Morgan fingerprint density at radius 3 is 2.59 bits per heavy atom. The zero-order valence-electron chi connectivity index (χ0n) is 17.4. The van der Waals surface area contributed by atoms with Gasteiger partial charge in [-0.25, -0.2) is 0 Å². The number of hydrogen-bond acceptors (Lipinski definition) is 3. The Balaban J connectivity index is 2.04. The third-order valence-electron chi connectivity index (χ3n) is 4.27. The van der Waals surface area contributed by atoms with Crippen LogP contribution in [0.5, 0.6) is 5.75 Å². The molecule has 0 spiro atoms. The van der Waals surface area contributed by atoms with Gasteiger partial charge in [0.15, 0.2) is 12.6 Å². The number of benzene rings is 1. The molecule has 0 unspecified atom stereocenters. The molecule has 160 valence electrons. The molecule has 0 fully saturated rings. The summed E-state index contributed by atoms with van der Waals surface area (Å²) >= 11 is 0. The number of nitrogens with zero attached hydrogens (tertiary/aromatic N) is 4. The van der Waals surface area contributed by atoms with Crippen LogP contribution < -0.4 is 10.1 Å². The maximum atomic E-state index is 12.5. The van der Waals surface area contributed by atoms with Gasteiger partial charge in [-0.1, -0.05) is 32.0 Å². The van der Waals surface area contributed by atoms with Gasteiger partial charge < -0.3 is 15.0 Å². The van der Waals surface area contributed by atoms with Gasteiger partial charge >= 0.3 is 6.18 Å². The van der Waals surface area contributed by atoms with E-state index >= 15 is 0 Å². The van der Waals surface area contributed by atoms with Crippen LogP contribution in [0.3, 0.4) is 0 Å². The summed E-state index contributed by atoms with van der Waals surface area (Å²) in [6.07, 6.45) is -2.39. The summed E-state index contributed by atoms with van der Waals surface area (Å²) in [4.78, 5) is 6.23. The average molecular weight is 411 g/mol. The highest BCUT2D eigenvalue weighted by molar-refractivity contribution is 5.79. The quantitative estimate of drug-likeness (QED) is 0.558. The van der Waals surface area contributed by atoms with Gasteiger partial charge in [0.2, 0.25) is 0 Å². The number of aliphatic imine (C=N–C) groups is 1. The summed E-state index contributed by atoms with van der Waals surface area (Å²) in [5, 5.41) is 7.70. The van der Waals surface area contributed by atoms with Gasteiger partial charge in [-0.15, -0.1) is 0 Å². The van der Waals surface area contributed by atoms with E-state index < -0.39 is 12.8 Å². The van der Waals surface area contributed by atoms with Gasteiger partial charge in [0, 0.05) is 51.6 Å². The van der Waals surface area contributed by atoms with Crippen molar-refractivity contribution in [3.8, 4) is 5.75 Å². The molecule has 6 nitrogen and oxygen atoms in total. The number of halogens is 3. The Morgan fingerprint density at radius 2 is 1.97 bits per heavy atom. The fourth-order valence-electron chi connectivity index (χ4n) is 3.00. The summed E-state index contributed by atoms with van der Waals surface area (Å²) in [7, 11) is 5.45. The molecule has 0 aliphatic carbocycles. The molecule has 9 heteroatoms. The molecule has 0 aliphatic rings. The summed E-state index contributed by atoms with van der Waals surface area (Å²) in [6.45, 7) is 3.76. The first-order valence-corrected chi connectivity index (χ1v) is 9.32. The molecule has 2 rings (SSSR count). The van der Waals surface area contributed by atoms with Crippen LogP contribution in [0, 0.1) is 0 Å². The van der Waals surface area contributed by atoms with Gasteiger partial charge in [0.05, 0.1) is 5.69 Å². The molecule has 0 bridgehead atoms. The maximum Gasteiger partial charge on any atom is 0.422 e. The number of para-hydroxylation sites is 1. The number of hydrogen-bond donors (Lipinski definition) is 1. The SMILES string of the molecule is CN=C(NCc1ccccc1OCC(F)(F)F)N(C)Cc1cn(C)nc1C(C)C. The first kappa shape index (κ1) is 22.6. The molecule has 1 aromatic carbocycles. The highest BCUT2D eigenvalue weighted by atomic mass is 19.4. The number of rotatable bonds is 7. The summed E-state index contributed by atoms with van der Waals surface area (Å²) in [6, 6.07) is 6.66. The van der Waals surface area contributed by atoms with Crippen molar-refractivity contribution in [1.29, 1.82) is 0 Å². The van der Waals surface area contributed by atoms with Crippen molar-refractivity contribution in [2.75, 3.05) is 20.7 Å². The molecule has 1 aromatic heterocycles. The first-order valence-electron chi connectivity index (χ1n) is 9.32. The smallest absolute Gasteiger partial charge is 0.422 e. The van der Waals surface area contributed by atoms with Crippen LogP contribution in [0.2, 0.25) is 0 Å². The molecule has 0 saturated heterocycles. The van der Waals surface area contributed by atoms with Crippen LogP contribution in [0.25, 0.3) is 0 Å². The van der Waals surface area contributed by atoms with Crippen LogP contribution in [0.1, 0.15) is 36.6 Å². The normalized spacial score (nSPS) is 12.4. The van der Waals surface area contributed by atoms with Crippen molar-refractivity contribution in [1.82, 2.24) is 20.0 Å². The molecular formula is C20H28F3N5O. The standard InChI is InChI=1S/C20H28F3N5O/c1-14(2)18-16(12-28(5)26-18)11-27(4)19(24-3)25-10-15-8-6-7-9-17(15)29-13-20(21,22)23/h6-9,12,14H,10-11,13H2,1-5H3,(H,24,25). The minimum absolute atomic E-state index is 0.199. The van der Waals surface area contributed by atoms with Crippen LogP contribution in [-0.4, -0.2) is 47.5 Å². The number of nitrogens with one attached hydrogen (secondary N) is 1. The lowest BCUT2D eigenvalue weighted by Gasteiger charge is -2.23. The molecule has 2 aromatic rings. The van der Waals surface area contributed by atoms with Crippen LogP contribution in [0.4, 0.5) is 13.2 Å². The lowest BCUT2D eigenvalue weighted by Crippen LogP contribution is -2.38. The van der Waals surface area contributed by atoms with E-state index in [2.05, 4.69) is 29.3 Å². The van der Waals surface area contributed by atoms with Crippen molar-refractivity contribution < 1.29 is 17.9 Å². The van der Waals surface area contributed by atoms with E-state index in [1.54, 1.807) is 29.9 Å². The van der Waals surface area contributed by atoms with E-state index in [0.29, 0.717) is 24.0 Å². The third kappa shape index (κ3) is 6.69. The molecule has 0 radical (unpaired) electrons. The monoisotopic (exact) mass is 411 g/mol. The maximum absolute atomic E-state index is 12.5. The van der Waals surface area contributed by atoms with Crippen molar-refractivity contribution in [2.45, 2.75) is 39.0 Å². The second kappa shape index (κ2) is 9.67. The van der Waals surface area contributed by atoms with E-state index in [-0.39, 0.29) is 12.3 Å². The number of alkyl halides is 3. The van der Waals surface area contributed by atoms with E-state index in [1.165, 1.54) is 6.07 Å². The fourth-order valence-corrected chi connectivity index (χ4v) is 3.00. The first-order chi connectivity index (χ1) is 13.6. The number of ether oxygens (including phenoxy) is 1. The van der Waals surface area contributed by atoms with Gasteiger partial charge in [-0.3, -0.25) is 9.67 Å². The predicted molar refractivity (Wildman–Crippen MR) is 107 cm³/mol. The highest BCUT2D eigenvalue weighted by Crippen LogP contribution is 2.22. The van der Waals surface area contributed by atoms with E-state index in [0.717, 1.165) is 11.3 Å². The molecule has 0 amide bonds. The van der Waals surface area contributed by atoms with Gasteiger partial charge in [-0.05, 0) is 12.0 Å². The lowest BCUT2D eigenvalue weighted by molar-refractivity contribution is -0.153. The Hall–Kier alpha value is -2.71. The molecule has 1 heterocycles. The Morgan fingerprint density at radius 1 is 1.28 bits per heavy atom. The summed E-state index contributed by atoms with van der Waals surface area (Å²) < 4.78 is 44.2. The molecule has 0 saturated carbocycles. The second-order valence-corrected chi connectivity index (χ2v) is 7.14. The molecule has 1 N–H and O–H groups in total. The minimum Gasteiger partial charge on any atom is -0.484 e. The lowest BCUT2D eigenvalue weighted by atomic mass is 10.1. The van der Waals surface area contributed by atoms with Crippen LogP contribution in [-0.2, 0) is 20.1 Å². The van der Waals surface area contributed by atoms with Gasteiger partial charge in [0.25, 0.3) is 0 Å². The Bertz CT molecular complexity index is 830. The Kier molecular flexibility index (Phi) is 7.53. The molecule has 0 atom stereocenters. The van der Waals surface area contributed by atoms with Crippen molar-refractivity contribution >= 4 is 5.96 Å². The zero-order valence-corrected chi connectivity index (χ0v) is 17.4. The van der Waals surface area contributed by atoms with Gasteiger partial charge in [0.1, 0.15) is 5.75 Å². The summed E-state index contributed by atoms with van der Waals surface area (Å²) in [5.41, 5.74) is 2.75. The number of aryl methyl sites for hydroxylation is 1. The minimum atomic E-state index is -4.38. The Labute approximate surface area is 169 Å². The van der Waals surface area contributed by atoms with Crippen LogP contribution in [0.15, 0.2) is 35.5 Å². The van der Waals surface area contributed by atoms with Gasteiger partial charge in [-0.2, -0.15) is 18.3 Å². The molecule has 0 aliphatic heterocycles. The van der Waals surface area contributed by atoms with Crippen LogP contribution >= 0.6 is 0 Å². The topological polar surface area (TPSA) is 54.7 Å². The zero-order chi connectivity index (χ0) is 21.6. The van der Waals surface area contributed by atoms with Crippen molar-refractivity contribution in [2.24, 2.45) is 12.0 Å². The van der Waals surface area contributed by atoms with E-state index in [4.69, 9.17) is 4.74 Å². The molecular weight excluding hydrogens is 383 g/mol. The summed E-state index contributed by atoms with van der Waals surface area (Å²) in [5.74, 6) is 1.12. The number of aromatic nitrogens is 2. The average Bonchev–Trinajstić information content (AvgIpc) is 3.01. The van der Waals surface area contributed by atoms with Crippen molar-refractivity contribution in [3.63, 3.8) is 0 Å². The number of guanidine groups is 1. The van der Waals surface area contributed by atoms with Crippen molar-refractivity contribution in [3.05, 3.63) is 47.3 Å². The largest absolute Gasteiger partial charge is 0.484 e. The van der Waals surface area contributed by atoms with E-state index in [9.17, 15) is 13.2 Å². The third-order valence-corrected chi connectivity index (χ3v) is 4.27. The second-order valence-electron chi connectivity index (χ2n) is 7.14. The van der Waals surface area contributed by atoms with E-state index in [1.807, 2.05) is 25.2 Å². The molecule has 29 heavy (non-hydrogen) atoms. The predicted octanol–water partition coefficient (Wildman–Crippen LogP) is 3.69. The fraction of sp³-hybridized carbons (Fsp3) is 0.500. The highest BCUT2D eigenvalue weighted by Gasteiger charge is 2.28.